The molecule has 0 unspecified atom stereocenters. The second kappa shape index (κ2) is 8.99. The van der Waals surface area contributed by atoms with Crippen LogP contribution in [0.5, 0.6) is 0 Å². The van der Waals surface area contributed by atoms with Gasteiger partial charge in [-0.3, -0.25) is 9.69 Å². The molecule has 0 fully saturated rings. The molecule has 1 N–H and O–H groups in total. The maximum Gasteiger partial charge on any atom is 0.234 e. The van der Waals surface area contributed by atoms with Crippen LogP contribution in [-0.4, -0.2) is 39.2 Å². The first kappa shape index (κ1) is 20.0. The zero-order valence-electron chi connectivity index (χ0n) is 16.2. The molecule has 3 rings (SSSR count). The normalized spacial score (nSPS) is 13.3. The Morgan fingerprint density at radius 2 is 1.89 bits per heavy atom. The average Bonchev–Trinajstić information content (AvgIpc) is 3.22. The van der Waals surface area contributed by atoms with Crippen molar-refractivity contribution in [2.45, 2.75) is 25.9 Å². The van der Waals surface area contributed by atoms with Crippen LogP contribution >= 0.6 is 11.6 Å². The number of hydrogen-bond donors (Lipinski definition) is 1. The van der Waals surface area contributed by atoms with E-state index in [-0.39, 0.29) is 18.0 Å². The summed E-state index contributed by atoms with van der Waals surface area (Å²) in [6.07, 6.45) is 3.17. The van der Waals surface area contributed by atoms with Crippen molar-refractivity contribution < 1.29 is 4.79 Å². The topological polar surface area (TPSA) is 63.1 Å². The lowest BCUT2D eigenvalue weighted by Crippen LogP contribution is -2.37. The summed E-state index contributed by atoms with van der Waals surface area (Å²) in [6, 6.07) is 15.6. The van der Waals surface area contributed by atoms with E-state index in [4.69, 9.17) is 11.6 Å². The van der Waals surface area contributed by atoms with E-state index in [1.165, 1.54) is 6.33 Å². The average molecular weight is 398 g/mol. The molecule has 2 aromatic carbocycles. The highest BCUT2D eigenvalue weighted by molar-refractivity contribution is 6.31. The summed E-state index contributed by atoms with van der Waals surface area (Å²) in [5.74, 6) is -0.0407. The van der Waals surface area contributed by atoms with Gasteiger partial charge in [0.2, 0.25) is 5.91 Å². The fraction of sp³-hybridized carbons (Fsp3) is 0.286. The molecule has 0 bridgehead atoms. The SMILES string of the molecule is C[C@H](c1ccc(-n2cncn2)cc1)N(C)CC(=O)N[C@H](C)c1ccccc1Cl. The molecule has 1 heterocycles. The van der Waals surface area contributed by atoms with Gasteiger partial charge in [-0.1, -0.05) is 41.9 Å². The third-order valence-electron chi connectivity index (χ3n) is 4.86. The molecule has 6 nitrogen and oxygen atoms in total. The molecule has 0 aliphatic heterocycles. The van der Waals surface area contributed by atoms with Crippen LogP contribution in [0.1, 0.15) is 37.1 Å². The van der Waals surface area contributed by atoms with Crippen molar-refractivity contribution in [3.8, 4) is 5.69 Å². The number of rotatable bonds is 7. The third kappa shape index (κ3) is 4.77. The van der Waals surface area contributed by atoms with Crippen LogP contribution in [0.2, 0.25) is 5.02 Å². The molecule has 3 aromatic rings. The van der Waals surface area contributed by atoms with E-state index in [1.807, 2.05) is 67.4 Å². The molecule has 0 spiro atoms. The Labute approximate surface area is 170 Å². The smallest absolute Gasteiger partial charge is 0.234 e. The molecular weight excluding hydrogens is 374 g/mol. The quantitative estimate of drug-likeness (QED) is 0.658. The molecule has 146 valence electrons. The van der Waals surface area contributed by atoms with Gasteiger partial charge in [0.15, 0.2) is 0 Å². The third-order valence-corrected chi connectivity index (χ3v) is 5.21. The lowest BCUT2D eigenvalue weighted by Gasteiger charge is -2.25. The van der Waals surface area contributed by atoms with E-state index in [9.17, 15) is 4.79 Å². The lowest BCUT2D eigenvalue weighted by molar-refractivity contribution is -0.123. The van der Waals surface area contributed by atoms with Crippen molar-refractivity contribution in [3.05, 3.63) is 77.3 Å². The zero-order valence-corrected chi connectivity index (χ0v) is 17.0. The molecule has 0 aliphatic rings. The molecule has 7 heteroatoms. The van der Waals surface area contributed by atoms with Gasteiger partial charge in [0, 0.05) is 11.1 Å². The molecular formula is C21H24ClN5O. The Hall–Kier alpha value is -2.70. The van der Waals surface area contributed by atoms with Crippen molar-refractivity contribution in [2.75, 3.05) is 13.6 Å². The highest BCUT2D eigenvalue weighted by atomic mass is 35.5. The van der Waals surface area contributed by atoms with Crippen molar-refractivity contribution in [2.24, 2.45) is 0 Å². The Balaban J connectivity index is 1.58. The number of nitrogens with one attached hydrogen (secondary N) is 1. The fourth-order valence-electron chi connectivity index (χ4n) is 3.06. The lowest BCUT2D eigenvalue weighted by atomic mass is 10.1. The van der Waals surface area contributed by atoms with Crippen LogP contribution in [0, 0.1) is 0 Å². The Morgan fingerprint density at radius 3 is 2.54 bits per heavy atom. The minimum Gasteiger partial charge on any atom is -0.348 e. The Kier molecular flexibility index (Phi) is 6.44. The summed E-state index contributed by atoms with van der Waals surface area (Å²) >= 11 is 6.22. The number of carbonyl (C=O) groups excluding carboxylic acids is 1. The minimum atomic E-state index is -0.146. The van der Waals surface area contributed by atoms with Gasteiger partial charge in [0.25, 0.3) is 0 Å². The number of amides is 1. The van der Waals surface area contributed by atoms with Gasteiger partial charge in [-0.25, -0.2) is 9.67 Å². The first-order valence-corrected chi connectivity index (χ1v) is 9.52. The van der Waals surface area contributed by atoms with E-state index in [1.54, 1.807) is 11.0 Å². The molecule has 1 aromatic heterocycles. The molecule has 0 saturated carbocycles. The second-order valence-electron chi connectivity index (χ2n) is 6.83. The number of benzene rings is 2. The first-order valence-electron chi connectivity index (χ1n) is 9.14. The van der Waals surface area contributed by atoms with Crippen molar-refractivity contribution in [1.82, 2.24) is 25.0 Å². The van der Waals surface area contributed by atoms with E-state index in [2.05, 4.69) is 22.3 Å². The predicted octanol–water partition coefficient (Wildman–Crippen LogP) is 3.79. The number of aromatic nitrogens is 3. The molecule has 0 saturated heterocycles. The summed E-state index contributed by atoms with van der Waals surface area (Å²) in [5, 5.41) is 7.80. The van der Waals surface area contributed by atoms with Gasteiger partial charge in [0.05, 0.1) is 18.3 Å². The summed E-state index contributed by atoms with van der Waals surface area (Å²) in [4.78, 5) is 18.5. The standard InChI is InChI=1S/C21H24ClN5O/c1-15(19-6-4-5-7-20(19)22)25-21(28)12-26(3)16(2)17-8-10-18(11-9-17)27-14-23-13-24-27/h4-11,13-16H,12H2,1-3H3,(H,25,28)/t15-,16-/m1/s1. The maximum atomic E-state index is 12.5. The Morgan fingerprint density at radius 1 is 1.18 bits per heavy atom. The van der Waals surface area contributed by atoms with Gasteiger partial charge in [-0.2, -0.15) is 5.10 Å². The molecule has 28 heavy (non-hydrogen) atoms. The number of likely N-dealkylation sites (N-methyl/N-ethyl adjacent to an activating group) is 1. The van der Waals surface area contributed by atoms with Crippen LogP contribution in [0.15, 0.2) is 61.2 Å². The highest BCUT2D eigenvalue weighted by Crippen LogP contribution is 2.23. The molecule has 0 aliphatic carbocycles. The number of carbonyl (C=O) groups is 1. The van der Waals surface area contributed by atoms with Gasteiger partial charge in [0.1, 0.15) is 12.7 Å². The maximum absolute atomic E-state index is 12.5. The summed E-state index contributed by atoms with van der Waals surface area (Å²) < 4.78 is 1.71. The number of hydrogen-bond acceptors (Lipinski definition) is 4. The number of nitrogens with zero attached hydrogens (tertiary/aromatic N) is 4. The Bertz CT molecular complexity index is 911. The summed E-state index contributed by atoms with van der Waals surface area (Å²) in [6.45, 7) is 4.31. The largest absolute Gasteiger partial charge is 0.348 e. The van der Waals surface area contributed by atoms with Gasteiger partial charge in [-0.15, -0.1) is 0 Å². The van der Waals surface area contributed by atoms with Crippen molar-refractivity contribution in [3.63, 3.8) is 0 Å². The van der Waals surface area contributed by atoms with Gasteiger partial charge >= 0.3 is 0 Å². The van der Waals surface area contributed by atoms with Crippen LogP contribution < -0.4 is 5.32 Å². The van der Waals surface area contributed by atoms with Crippen LogP contribution in [-0.2, 0) is 4.79 Å². The second-order valence-corrected chi connectivity index (χ2v) is 7.24. The molecule has 2 atom stereocenters. The zero-order chi connectivity index (χ0) is 20.1. The highest BCUT2D eigenvalue weighted by Gasteiger charge is 2.17. The predicted molar refractivity (Wildman–Crippen MR) is 110 cm³/mol. The monoisotopic (exact) mass is 397 g/mol. The van der Waals surface area contributed by atoms with E-state index >= 15 is 0 Å². The van der Waals surface area contributed by atoms with Crippen LogP contribution in [0.4, 0.5) is 0 Å². The first-order chi connectivity index (χ1) is 13.5. The molecule has 0 radical (unpaired) electrons. The van der Waals surface area contributed by atoms with E-state index < -0.39 is 0 Å². The van der Waals surface area contributed by atoms with E-state index in [0.29, 0.717) is 11.6 Å². The summed E-state index contributed by atoms with van der Waals surface area (Å²) in [5.41, 5.74) is 2.98. The van der Waals surface area contributed by atoms with Crippen molar-refractivity contribution in [1.29, 1.82) is 0 Å². The van der Waals surface area contributed by atoms with E-state index in [0.717, 1.165) is 16.8 Å². The molecule has 1 amide bonds. The minimum absolute atomic E-state index is 0.0407. The van der Waals surface area contributed by atoms with Gasteiger partial charge in [-0.05, 0) is 50.2 Å². The fourth-order valence-corrected chi connectivity index (χ4v) is 3.36. The van der Waals surface area contributed by atoms with Crippen molar-refractivity contribution >= 4 is 17.5 Å². The van der Waals surface area contributed by atoms with Crippen LogP contribution in [0.25, 0.3) is 5.69 Å². The van der Waals surface area contributed by atoms with Crippen LogP contribution in [0.3, 0.4) is 0 Å². The van der Waals surface area contributed by atoms with Gasteiger partial charge < -0.3 is 5.32 Å². The summed E-state index contributed by atoms with van der Waals surface area (Å²) in [7, 11) is 1.94. The number of halogens is 1.